The molecular weight excluding hydrogens is 386 g/mol. The van der Waals surface area contributed by atoms with Crippen molar-refractivity contribution in [1.29, 1.82) is 0 Å². The van der Waals surface area contributed by atoms with Crippen LogP contribution in [0.5, 0.6) is 5.75 Å². The fraction of sp³-hybridized carbons (Fsp3) is 0.217. The van der Waals surface area contributed by atoms with Gasteiger partial charge in [0.05, 0.1) is 18.8 Å². The van der Waals surface area contributed by atoms with Crippen molar-refractivity contribution in [1.82, 2.24) is 15.1 Å². The largest absolute Gasteiger partial charge is 0.488 e. The van der Waals surface area contributed by atoms with Crippen LogP contribution in [-0.2, 0) is 17.8 Å². The van der Waals surface area contributed by atoms with E-state index in [4.69, 9.17) is 16.3 Å². The van der Waals surface area contributed by atoms with Crippen molar-refractivity contribution in [2.75, 3.05) is 6.54 Å². The number of para-hydroxylation sites is 1. The van der Waals surface area contributed by atoms with E-state index >= 15 is 0 Å². The third kappa shape index (κ3) is 4.51. The van der Waals surface area contributed by atoms with Crippen LogP contribution in [0, 0.1) is 6.92 Å². The van der Waals surface area contributed by atoms with Crippen molar-refractivity contribution in [3.8, 4) is 5.75 Å². The van der Waals surface area contributed by atoms with E-state index in [9.17, 15) is 4.79 Å². The predicted molar refractivity (Wildman–Crippen MR) is 114 cm³/mol. The number of amides is 1. The maximum atomic E-state index is 12.2. The maximum absolute atomic E-state index is 12.2. The number of hydrogen-bond donors (Lipinski definition) is 1. The second-order valence-corrected chi connectivity index (χ2v) is 7.42. The fourth-order valence-corrected chi connectivity index (χ4v) is 3.72. The molecule has 1 aromatic heterocycles. The SMILES string of the molecule is Cc1nn(Cc2ccccc2)c(Cl)c1C=CC(=O)NCC1Cc2ccccc2O1. The minimum absolute atomic E-state index is 0.0382. The van der Waals surface area contributed by atoms with E-state index in [2.05, 4.69) is 16.5 Å². The number of aromatic nitrogens is 2. The molecule has 1 amide bonds. The second-order valence-electron chi connectivity index (χ2n) is 7.06. The Labute approximate surface area is 175 Å². The van der Waals surface area contributed by atoms with Gasteiger partial charge in [-0.2, -0.15) is 5.10 Å². The van der Waals surface area contributed by atoms with Crippen LogP contribution in [0.15, 0.2) is 60.7 Å². The lowest BCUT2D eigenvalue weighted by Gasteiger charge is -2.10. The molecule has 0 fully saturated rings. The zero-order valence-corrected chi connectivity index (χ0v) is 16.9. The Morgan fingerprint density at radius 2 is 2.00 bits per heavy atom. The van der Waals surface area contributed by atoms with Crippen LogP contribution in [0.25, 0.3) is 6.08 Å². The Hall–Kier alpha value is -3.05. The summed E-state index contributed by atoms with van der Waals surface area (Å²) in [4.78, 5) is 12.2. The molecule has 1 aliphatic heterocycles. The molecule has 1 atom stereocenters. The highest BCUT2D eigenvalue weighted by molar-refractivity contribution is 6.31. The zero-order chi connectivity index (χ0) is 20.2. The number of nitrogens with one attached hydrogen (secondary N) is 1. The quantitative estimate of drug-likeness (QED) is 0.628. The Morgan fingerprint density at radius 1 is 1.24 bits per heavy atom. The summed E-state index contributed by atoms with van der Waals surface area (Å²) < 4.78 is 7.59. The van der Waals surface area contributed by atoms with E-state index < -0.39 is 0 Å². The van der Waals surface area contributed by atoms with Crippen molar-refractivity contribution in [2.45, 2.75) is 26.0 Å². The molecule has 4 rings (SSSR count). The van der Waals surface area contributed by atoms with Crippen molar-refractivity contribution in [3.05, 3.63) is 88.2 Å². The van der Waals surface area contributed by atoms with Gasteiger partial charge in [-0.05, 0) is 30.2 Å². The van der Waals surface area contributed by atoms with Gasteiger partial charge < -0.3 is 10.1 Å². The number of halogens is 1. The van der Waals surface area contributed by atoms with Crippen LogP contribution < -0.4 is 10.1 Å². The first kappa shape index (κ1) is 19.3. The molecule has 0 aliphatic carbocycles. The number of benzene rings is 2. The molecule has 0 saturated carbocycles. The lowest BCUT2D eigenvalue weighted by molar-refractivity contribution is -0.116. The summed E-state index contributed by atoms with van der Waals surface area (Å²) in [5.41, 5.74) is 3.82. The van der Waals surface area contributed by atoms with E-state index in [-0.39, 0.29) is 12.0 Å². The van der Waals surface area contributed by atoms with E-state index in [0.717, 1.165) is 29.0 Å². The minimum Gasteiger partial charge on any atom is -0.488 e. The van der Waals surface area contributed by atoms with Crippen LogP contribution in [0.4, 0.5) is 0 Å². The van der Waals surface area contributed by atoms with E-state index in [1.165, 1.54) is 11.6 Å². The summed E-state index contributed by atoms with van der Waals surface area (Å²) in [5, 5.41) is 7.91. The number of hydrogen-bond acceptors (Lipinski definition) is 3. The molecule has 1 N–H and O–H groups in total. The molecule has 0 bridgehead atoms. The lowest BCUT2D eigenvalue weighted by Crippen LogP contribution is -2.33. The number of carbonyl (C=O) groups is 1. The summed E-state index contributed by atoms with van der Waals surface area (Å²) >= 11 is 6.49. The normalized spacial score (nSPS) is 15.3. The van der Waals surface area contributed by atoms with Crippen molar-refractivity contribution in [3.63, 3.8) is 0 Å². The fourth-order valence-electron chi connectivity index (χ4n) is 3.42. The van der Waals surface area contributed by atoms with Gasteiger partial charge in [0.2, 0.25) is 5.91 Å². The van der Waals surface area contributed by atoms with Crippen molar-refractivity contribution >= 4 is 23.6 Å². The Balaban J connectivity index is 1.35. The minimum atomic E-state index is -0.184. The zero-order valence-electron chi connectivity index (χ0n) is 16.1. The molecule has 0 saturated heterocycles. The first-order valence-electron chi connectivity index (χ1n) is 9.57. The number of nitrogens with zero attached hydrogens (tertiary/aromatic N) is 2. The highest BCUT2D eigenvalue weighted by Gasteiger charge is 2.22. The first-order valence-corrected chi connectivity index (χ1v) is 9.95. The molecule has 29 heavy (non-hydrogen) atoms. The maximum Gasteiger partial charge on any atom is 0.244 e. The van der Waals surface area contributed by atoms with Crippen LogP contribution in [0.3, 0.4) is 0 Å². The molecule has 0 radical (unpaired) electrons. The van der Waals surface area contributed by atoms with Crippen LogP contribution in [-0.4, -0.2) is 28.3 Å². The third-order valence-corrected chi connectivity index (χ3v) is 5.30. The van der Waals surface area contributed by atoms with Gasteiger partial charge in [0.25, 0.3) is 0 Å². The third-order valence-electron chi connectivity index (χ3n) is 4.90. The van der Waals surface area contributed by atoms with Gasteiger partial charge in [-0.25, -0.2) is 4.68 Å². The topological polar surface area (TPSA) is 56.2 Å². The highest BCUT2D eigenvalue weighted by atomic mass is 35.5. The number of carbonyl (C=O) groups excluding carboxylic acids is 1. The second kappa shape index (κ2) is 8.53. The molecule has 148 valence electrons. The van der Waals surface area contributed by atoms with E-state index in [0.29, 0.717) is 18.2 Å². The van der Waals surface area contributed by atoms with Gasteiger partial charge in [-0.15, -0.1) is 0 Å². The Bertz CT molecular complexity index is 1020. The van der Waals surface area contributed by atoms with Crippen LogP contribution >= 0.6 is 11.6 Å². The Kier molecular flexibility index (Phi) is 5.67. The van der Waals surface area contributed by atoms with Gasteiger partial charge in [0.1, 0.15) is 17.0 Å². The van der Waals surface area contributed by atoms with Crippen LogP contribution in [0.1, 0.15) is 22.4 Å². The predicted octanol–water partition coefficient (Wildman–Crippen LogP) is 4.03. The summed E-state index contributed by atoms with van der Waals surface area (Å²) in [7, 11) is 0. The van der Waals surface area contributed by atoms with Gasteiger partial charge in [-0.1, -0.05) is 60.1 Å². The molecule has 2 heterocycles. The average Bonchev–Trinajstić information content (AvgIpc) is 3.26. The lowest BCUT2D eigenvalue weighted by atomic mass is 10.1. The molecule has 0 spiro atoms. The van der Waals surface area contributed by atoms with E-state index in [1.54, 1.807) is 10.8 Å². The Morgan fingerprint density at radius 3 is 2.79 bits per heavy atom. The summed E-state index contributed by atoms with van der Waals surface area (Å²) in [6, 6.07) is 17.9. The molecule has 1 unspecified atom stereocenters. The molecule has 1 aliphatic rings. The van der Waals surface area contributed by atoms with E-state index in [1.807, 2.05) is 55.5 Å². The summed E-state index contributed by atoms with van der Waals surface area (Å²) in [6.45, 7) is 2.92. The first-order chi connectivity index (χ1) is 14.1. The average molecular weight is 408 g/mol. The van der Waals surface area contributed by atoms with Gasteiger partial charge in [0, 0.05) is 18.1 Å². The van der Waals surface area contributed by atoms with Crippen molar-refractivity contribution < 1.29 is 9.53 Å². The number of ether oxygens (including phenoxy) is 1. The van der Waals surface area contributed by atoms with Gasteiger partial charge >= 0.3 is 0 Å². The highest BCUT2D eigenvalue weighted by Crippen LogP contribution is 2.27. The number of aryl methyl sites for hydroxylation is 1. The number of fused-ring (bicyclic) bond motifs is 1. The molecule has 5 nitrogen and oxygen atoms in total. The molecule has 6 heteroatoms. The summed E-state index contributed by atoms with van der Waals surface area (Å²) in [6.07, 6.45) is 3.97. The molecular formula is C23H22ClN3O2. The summed E-state index contributed by atoms with van der Waals surface area (Å²) in [5.74, 6) is 0.714. The van der Waals surface area contributed by atoms with Gasteiger partial charge in [-0.3, -0.25) is 4.79 Å². The molecule has 2 aromatic carbocycles. The molecule has 3 aromatic rings. The smallest absolute Gasteiger partial charge is 0.244 e. The monoisotopic (exact) mass is 407 g/mol. The van der Waals surface area contributed by atoms with Gasteiger partial charge in [0.15, 0.2) is 0 Å². The van der Waals surface area contributed by atoms with Crippen molar-refractivity contribution in [2.24, 2.45) is 0 Å². The van der Waals surface area contributed by atoms with Crippen LogP contribution in [0.2, 0.25) is 5.15 Å². The number of rotatable bonds is 6. The standard InChI is InChI=1S/C23H22ClN3O2/c1-16-20(23(24)27(26-16)15-17-7-3-2-4-8-17)11-12-22(28)25-14-19-13-18-9-5-6-10-21(18)29-19/h2-12,19H,13-15H2,1H3,(H,25,28).